The van der Waals surface area contributed by atoms with E-state index in [9.17, 15) is 14.4 Å². The Hall–Kier alpha value is -2.37. The Morgan fingerprint density at radius 2 is 1.83 bits per heavy atom. The molecule has 2 amide bonds. The van der Waals surface area contributed by atoms with Crippen molar-refractivity contribution in [2.75, 3.05) is 5.32 Å². The summed E-state index contributed by atoms with van der Waals surface area (Å²) in [4.78, 5) is 39.4. The lowest BCUT2D eigenvalue weighted by molar-refractivity contribution is -0.140. The van der Waals surface area contributed by atoms with Gasteiger partial charge in [-0.3, -0.25) is 14.4 Å². The van der Waals surface area contributed by atoms with Gasteiger partial charge in [-0.2, -0.15) is 0 Å². The Labute approximate surface area is 178 Å². The van der Waals surface area contributed by atoms with E-state index >= 15 is 0 Å². The van der Waals surface area contributed by atoms with Crippen molar-refractivity contribution >= 4 is 46.5 Å². The molecule has 2 heterocycles. The van der Waals surface area contributed by atoms with Gasteiger partial charge in [-0.1, -0.05) is 55.2 Å². The lowest BCUT2D eigenvalue weighted by Crippen LogP contribution is -2.65. The van der Waals surface area contributed by atoms with Gasteiger partial charge in [0.1, 0.15) is 11.5 Å². The molecule has 0 unspecified atom stereocenters. The van der Waals surface area contributed by atoms with E-state index in [1.807, 2.05) is 6.07 Å². The van der Waals surface area contributed by atoms with Crippen LogP contribution < -0.4 is 10.6 Å². The lowest BCUT2D eigenvalue weighted by atomic mass is 9.59. The maximum absolute atomic E-state index is 13.5. The molecule has 7 heteroatoms. The number of hydrogen-bond acceptors (Lipinski definition) is 3. The minimum atomic E-state index is -1.28. The van der Waals surface area contributed by atoms with E-state index in [4.69, 9.17) is 23.2 Å². The van der Waals surface area contributed by atoms with Crippen LogP contribution in [-0.2, 0) is 19.8 Å². The van der Waals surface area contributed by atoms with Crippen LogP contribution in [0.25, 0.3) is 0 Å². The van der Waals surface area contributed by atoms with Gasteiger partial charge >= 0.3 is 0 Å². The molecule has 1 saturated heterocycles. The number of benzene rings is 2. The second-order valence-electron chi connectivity index (χ2n) is 7.88. The largest absolute Gasteiger partial charge is 0.345 e. The molecule has 2 N–H and O–H groups in total. The quantitative estimate of drug-likeness (QED) is 0.769. The van der Waals surface area contributed by atoms with Gasteiger partial charge in [-0.25, -0.2) is 0 Å². The number of halogens is 2. The van der Waals surface area contributed by atoms with Gasteiger partial charge in [0.05, 0.1) is 0 Å². The molecule has 29 heavy (non-hydrogen) atoms. The molecular weight excluding hydrogens is 411 g/mol. The molecule has 0 bridgehead atoms. The zero-order valence-corrected chi connectivity index (χ0v) is 17.5. The van der Waals surface area contributed by atoms with Gasteiger partial charge in [0, 0.05) is 34.0 Å². The monoisotopic (exact) mass is 430 g/mol. The predicted octanol–water partition coefficient (Wildman–Crippen LogP) is 4.08. The Morgan fingerprint density at radius 3 is 2.52 bits per heavy atom. The molecule has 1 fully saturated rings. The van der Waals surface area contributed by atoms with Crippen LogP contribution in [0.1, 0.15) is 37.3 Å². The Morgan fingerprint density at radius 1 is 1.10 bits per heavy atom. The lowest BCUT2D eigenvalue weighted by Gasteiger charge is -2.45. The number of anilines is 1. The summed E-state index contributed by atoms with van der Waals surface area (Å²) in [6.45, 7) is 3.53. The molecule has 0 aromatic heterocycles. The zero-order chi connectivity index (χ0) is 20.9. The Balaban J connectivity index is 2.01. The summed E-state index contributed by atoms with van der Waals surface area (Å²) in [5, 5.41) is 6.69. The molecule has 4 rings (SSSR count). The van der Waals surface area contributed by atoms with E-state index in [1.54, 1.807) is 50.2 Å². The molecular formula is C22H20Cl2N2O3. The van der Waals surface area contributed by atoms with Crippen molar-refractivity contribution in [3.05, 3.63) is 63.6 Å². The third-order valence-corrected chi connectivity index (χ3v) is 6.33. The smallest absolute Gasteiger partial charge is 0.238 e. The van der Waals surface area contributed by atoms with Gasteiger partial charge < -0.3 is 10.6 Å². The first-order chi connectivity index (χ1) is 13.7. The maximum Gasteiger partial charge on any atom is 0.238 e. The van der Waals surface area contributed by atoms with Crippen molar-refractivity contribution in [2.45, 2.75) is 37.6 Å². The van der Waals surface area contributed by atoms with Crippen LogP contribution in [-0.4, -0.2) is 23.6 Å². The van der Waals surface area contributed by atoms with Gasteiger partial charge in [0.2, 0.25) is 11.8 Å². The summed E-state index contributed by atoms with van der Waals surface area (Å²) >= 11 is 12.4. The predicted molar refractivity (Wildman–Crippen MR) is 112 cm³/mol. The van der Waals surface area contributed by atoms with Crippen LogP contribution in [0.4, 0.5) is 5.69 Å². The first-order valence-electron chi connectivity index (χ1n) is 9.45. The van der Waals surface area contributed by atoms with Crippen LogP contribution in [0.2, 0.25) is 10.0 Å². The van der Waals surface area contributed by atoms with Crippen molar-refractivity contribution in [3.63, 3.8) is 0 Å². The third kappa shape index (κ3) is 3.04. The normalized spacial score (nSPS) is 25.7. The van der Waals surface area contributed by atoms with E-state index in [1.165, 1.54) is 0 Å². The van der Waals surface area contributed by atoms with Crippen LogP contribution >= 0.6 is 23.2 Å². The first kappa shape index (κ1) is 19.9. The van der Waals surface area contributed by atoms with Crippen molar-refractivity contribution < 1.29 is 14.4 Å². The fourth-order valence-electron chi connectivity index (χ4n) is 4.58. The fraction of sp³-hybridized carbons (Fsp3) is 0.318. The molecule has 0 aliphatic carbocycles. The van der Waals surface area contributed by atoms with Gasteiger partial charge in [-0.15, -0.1) is 0 Å². The zero-order valence-electron chi connectivity index (χ0n) is 16.0. The SMILES string of the molecule is CC(C)C(=O)[C@H]1NC(=O)C[C@@H](c2cccc(Cl)c2)[C@]12C(=O)Nc1cc(Cl)ccc12. The summed E-state index contributed by atoms with van der Waals surface area (Å²) in [6.07, 6.45) is 0.0672. The van der Waals surface area contributed by atoms with E-state index < -0.39 is 17.4 Å². The van der Waals surface area contributed by atoms with Crippen LogP contribution in [0.5, 0.6) is 0 Å². The molecule has 3 atom stereocenters. The molecule has 1 spiro atoms. The summed E-state index contributed by atoms with van der Waals surface area (Å²) in [5.41, 5.74) is 0.690. The second kappa shape index (κ2) is 7.15. The number of ketones is 1. The molecule has 2 aliphatic heterocycles. The summed E-state index contributed by atoms with van der Waals surface area (Å²) in [5.74, 6) is -1.69. The molecule has 0 saturated carbocycles. The van der Waals surface area contributed by atoms with Gasteiger partial charge in [-0.05, 0) is 35.4 Å². The average molecular weight is 431 g/mol. The Bertz CT molecular complexity index is 1040. The number of nitrogens with one attached hydrogen (secondary N) is 2. The minimum absolute atomic E-state index is 0.0672. The minimum Gasteiger partial charge on any atom is -0.345 e. The topological polar surface area (TPSA) is 75.3 Å². The molecule has 2 aliphatic rings. The number of carbonyl (C=O) groups is 3. The molecule has 5 nitrogen and oxygen atoms in total. The fourth-order valence-corrected chi connectivity index (χ4v) is 4.95. The standard InChI is InChI=1S/C22H20Cl2N2O3/c1-11(2)19(28)20-22(15-7-6-14(24)9-17(15)25-21(22)29)16(10-18(27)26-20)12-4-3-5-13(23)8-12/h3-9,11,16,20H,10H2,1-2H3,(H,25,29)(H,26,27)/t16-,20+,22-/m0/s1. The van der Waals surface area contributed by atoms with E-state index in [2.05, 4.69) is 10.6 Å². The highest BCUT2D eigenvalue weighted by Crippen LogP contribution is 2.53. The van der Waals surface area contributed by atoms with E-state index in [0.29, 0.717) is 21.3 Å². The summed E-state index contributed by atoms with van der Waals surface area (Å²) in [7, 11) is 0. The molecule has 2 aromatic rings. The Kier molecular flexibility index (Phi) is 4.91. The van der Waals surface area contributed by atoms with Crippen LogP contribution in [0.3, 0.4) is 0 Å². The number of piperidine rings is 1. The number of amides is 2. The third-order valence-electron chi connectivity index (χ3n) is 5.86. The number of carbonyl (C=O) groups excluding carboxylic acids is 3. The summed E-state index contributed by atoms with van der Waals surface area (Å²) < 4.78 is 0. The molecule has 150 valence electrons. The van der Waals surface area contributed by atoms with Crippen molar-refractivity contribution in [1.29, 1.82) is 0 Å². The van der Waals surface area contributed by atoms with Crippen molar-refractivity contribution in [2.24, 2.45) is 5.92 Å². The molecule has 2 aromatic carbocycles. The van der Waals surface area contributed by atoms with Crippen molar-refractivity contribution in [3.8, 4) is 0 Å². The van der Waals surface area contributed by atoms with Crippen LogP contribution in [0, 0.1) is 5.92 Å². The highest BCUT2D eigenvalue weighted by Gasteiger charge is 2.62. The van der Waals surface area contributed by atoms with Gasteiger partial charge in [0.15, 0.2) is 5.78 Å². The molecule has 0 radical (unpaired) electrons. The van der Waals surface area contributed by atoms with Crippen LogP contribution in [0.15, 0.2) is 42.5 Å². The van der Waals surface area contributed by atoms with Gasteiger partial charge in [0.25, 0.3) is 0 Å². The first-order valence-corrected chi connectivity index (χ1v) is 10.2. The highest BCUT2D eigenvalue weighted by molar-refractivity contribution is 6.31. The number of hydrogen-bond donors (Lipinski definition) is 2. The number of rotatable bonds is 3. The maximum atomic E-state index is 13.5. The average Bonchev–Trinajstić information content (AvgIpc) is 2.94. The van der Waals surface area contributed by atoms with E-state index in [0.717, 1.165) is 5.56 Å². The second-order valence-corrected chi connectivity index (χ2v) is 8.76. The number of Topliss-reactive ketones (excluding diaryl/α,β-unsaturated/α-hetero) is 1. The summed E-state index contributed by atoms with van der Waals surface area (Å²) in [6, 6.07) is 11.3. The number of fused-ring (bicyclic) bond motifs is 2. The van der Waals surface area contributed by atoms with Crippen molar-refractivity contribution in [1.82, 2.24) is 5.32 Å². The van der Waals surface area contributed by atoms with E-state index in [-0.39, 0.29) is 29.9 Å². The highest BCUT2D eigenvalue weighted by atomic mass is 35.5.